The van der Waals surface area contributed by atoms with Crippen LogP contribution in [0.5, 0.6) is 0 Å². The molecule has 6 heavy (non-hydrogen) atoms. The summed E-state index contributed by atoms with van der Waals surface area (Å²) >= 11 is 2.88. The Morgan fingerprint density at radius 2 is 2.33 bits per heavy atom. The molecule has 0 aromatic carbocycles. The molecule has 1 fully saturated rings. The molecule has 3 heteroatoms. The van der Waals surface area contributed by atoms with Crippen molar-refractivity contribution in [3.8, 4) is 0 Å². The summed E-state index contributed by atoms with van der Waals surface area (Å²) in [5.41, 5.74) is 0. The molecular formula is C3H6OS2. The molecule has 0 aliphatic carbocycles. The lowest BCUT2D eigenvalue weighted by atomic mass is 10.5. The lowest BCUT2D eigenvalue weighted by molar-refractivity contribution is 0.655. The van der Waals surface area contributed by atoms with E-state index in [4.69, 9.17) is 4.55 Å². The van der Waals surface area contributed by atoms with Gasteiger partial charge < -0.3 is 4.55 Å². The smallest absolute Gasteiger partial charge is 0.0489 e. The quantitative estimate of drug-likeness (QED) is 0.529. The predicted molar refractivity (Wildman–Crippen MR) is 31.3 cm³/mol. The van der Waals surface area contributed by atoms with Crippen LogP contribution >= 0.6 is 23.8 Å². The zero-order chi connectivity index (χ0) is 4.41. The fourth-order valence-electron chi connectivity index (χ4n) is 0.275. The maximum atomic E-state index is 8.29. The second kappa shape index (κ2) is 2.09. The van der Waals surface area contributed by atoms with Gasteiger partial charge in [-0.3, -0.25) is 0 Å². The fourth-order valence-corrected chi connectivity index (χ4v) is 1.77. The van der Waals surface area contributed by atoms with Gasteiger partial charge >= 0.3 is 0 Å². The molecule has 1 nitrogen and oxygen atoms in total. The Bertz CT molecular complexity index is 41.3. The highest BCUT2D eigenvalue weighted by Gasteiger charge is 2.16. The Labute approximate surface area is 45.7 Å². The van der Waals surface area contributed by atoms with Crippen LogP contribution < -0.4 is 0 Å². The first-order valence-corrected chi connectivity index (χ1v) is 3.80. The maximum absolute atomic E-state index is 8.29. The molecule has 0 aromatic rings. The van der Waals surface area contributed by atoms with Crippen molar-refractivity contribution in [1.82, 2.24) is 0 Å². The van der Waals surface area contributed by atoms with Crippen molar-refractivity contribution < 1.29 is 4.55 Å². The van der Waals surface area contributed by atoms with Gasteiger partial charge in [-0.1, -0.05) is 0 Å². The molecule has 0 saturated carbocycles. The summed E-state index contributed by atoms with van der Waals surface area (Å²) < 4.78 is 8.29. The molecule has 0 radical (unpaired) electrons. The zero-order valence-electron chi connectivity index (χ0n) is 3.26. The summed E-state index contributed by atoms with van der Waals surface area (Å²) in [7, 11) is 0. The Kier molecular flexibility index (Phi) is 1.68. The van der Waals surface area contributed by atoms with Crippen LogP contribution in [0.1, 0.15) is 0 Å². The highest BCUT2D eigenvalue weighted by Crippen LogP contribution is 2.26. The van der Waals surface area contributed by atoms with Gasteiger partial charge in [0.2, 0.25) is 0 Å². The maximum Gasteiger partial charge on any atom is 0.0489 e. The van der Waals surface area contributed by atoms with Gasteiger partial charge in [-0.25, -0.2) is 0 Å². The van der Waals surface area contributed by atoms with Crippen LogP contribution in [0.4, 0.5) is 0 Å². The SMILES string of the molecule is OSC1CSC1. The molecule has 0 unspecified atom stereocenters. The van der Waals surface area contributed by atoms with Crippen molar-refractivity contribution in [3.05, 3.63) is 0 Å². The second-order valence-electron chi connectivity index (χ2n) is 1.26. The molecule has 36 valence electrons. The first kappa shape index (κ1) is 4.81. The van der Waals surface area contributed by atoms with Crippen LogP contribution in [0.2, 0.25) is 0 Å². The third-order valence-corrected chi connectivity index (χ3v) is 3.09. The summed E-state index contributed by atoms with van der Waals surface area (Å²) in [6, 6.07) is 0. The van der Waals surface area contributed by atoms with Crippen LogP contribution in [0, 0.1) is 0 Å². The van der Waals surface area contributed by atoms with E-state index in [2.05, 4.69) is 0 Å². The lowest BCUT2D eigenvalue weighted by Crippen LogP contribution is -2.19. The minimum atomic E-state index is 0.551. The van der Waals surface area contributed by atoms with Crippen LogP contribution in [-0.4, -0.2) is 21.3 Å². The number of hydrogen-bond acceptors (Lipinski definition) is 3. The molecule has 1 aliphatic rings. The first-order valence-electron chi connectivity index (χ1n) is 1.81. The van der Waals surface area contributed by atoms with Gasteiger partial charge in [0.15, 0.2) is 0 Å². The summed E-state index contributed by atoms with van der Waals surface area (Å²) in [6.07, 6.45) is 0. The largest absolute Gasteiger partial charge is 0.330 e. The Balaban J connectivity index is 2.01. The molecule has 1 N–H and O–H groups in total. The van der Waals surface area contributed by atoms with E-state index in [-0.39, 0.29) is 0 Å². The van der Waals surface area contributed by atoms with Crippen molar-refractivity contribution in [3.63, 3.8) is 0 Å². The fraction of sp³-hybridized carbons (Fsp3) is 1.00. The van der Waals surface area contributed by atoms with E-state index in [0.29, 0.717) is 5.25 Å². The molecule has 0 bridgehead atoms. The van der Waals surface area contributed by atoms with Crippen molar-refractivity contribution in [2.45, 2.75) is 5.25 Å². The standard InChI is InChI=1S/C3H6OS2/c4-6-3-1-5-2-3/h3-4H,1-2H2. The molecular weight excluding hydrogens is 116 g/mol. The molecule has 1 heterocycles. The summed E-state index contributed by atoms with van der Waals surface area (Å²) in [4.78, 5) is 0. The van der Waals surface area contributed by atoms with Crippen LogP contribution in [-0.2, 0) is 0 Å². The van der Waals surface area contributed by atoms with Crippen molar-refractivity contribution >= 4 is 23.8 Å². The van der Waals surface area contributed by atoms with Gasteiger partial charge in [0.1, 0.15) is 0 Å². The molecule has 0 aromatic heterocycles. The number of hydrogen-bond donors (Lipinski definition) is 1. The number of thioether (sulfide) groups is 1. The van der Waals surface area contributed by atoms with Gasteiger partial charge in [0.25, 0.3) is 0 Å². The van der Waals surface area contributed by atoms with Gasteiger partial charge in [-0.2, -0.15) is 11.8 Å². The van der Waals surface area contributed by atoms with E-state index in [1.54, 1.807) is 0 Å². The Hall–Kier alpha value is 0.660. The van der Waals surface area contributed by atoms with E-state index in [9.17, 15) is 0 Å². The van der Waals surface area contributed by atoms with E-state index in [1.807, 2.05) is 11.8 Å². The minimum absolute atomic E-state index is 0.551. The summed E-state index contributed by atoms with van der Waals surface area (Å²) in [5.74, 6) is 2.28. The second-order valence-corrected chi connectivity index (χ2v) is 3.22. The van der Waals surface area contributed by atoms with Crippen LogP contribution in [0.15, 0.2) is 0 Å². The van der Waals surface area contributed by atoms with E-state index >= 15 is 0 Å². The van der Waals surface area contributed by atoms with E-state index in [1.165, 1.54) is 0 Å². The van der Waals surface area contributed by atoms with Gasteiger partial charge in [-0.05, 0) is 12.0 Å². The van der Waals surface area contributed by atoms with Gasteiger partial charge in [0, 0.05) is 16.8 Å². The van der Waals surface area contributed by atoms with Crippen molar-refractivity contribution in [2.24, 2.45) is 0 Å². The average Bonchev–Trinajstić information content (AvgIpc) is 1.31. The monoisotopic (exact) mass is 122 g/mol. The zero-order valence-corrected chi connectivity index (χ0v) is 4.89. The molecule has 0 spiro atoms. The highest BCUT2D eigenvalue weighted by atomic mass is 32.2. The summed E-state index contributed by atoms with van der Waals surface area (Å²) in [6.45, 7) is 0. The summed E-state index contributed by atoms with van der Waals surface area (Å²) in [5, 5.41) is 0.551. The Morgan fingerprint density at radius 3 is 2.33 bits per heavy atom. The predicted octanol–water partition coefficient (Wildman–Crippen LogP) is 1.31. The third kappa shape index (κ3) is 0.832. The first-order chi connectivity index (χ1) is 2.93. The topological polar surface area (TPSA) is 20.2 Å². The molecule has 1 aliphatic heterocycles. The third-order valence-electron chi connectivity index (χ3n) is 0.757. The van der Waals surface area contributed by atoms with Crippen LogP contribution in [0.3, 0.4) is 0 Å². The normalized spacial score (nSPS) is 23.5. The van der Waals surface area contributed by atoms with E-state index in [0.717, 1.165) is 23.5 Å². The molecule has 0 atom stereocenters. The van der Waals surface area contributed by atoms with Gasteiger partial charge in [0.05, 0.1) is 0 Å². The minimum Gasteiger partial charge on any atom is -0.330 e. The molecule has 1 saturated heterocycles. The van der Waals surface area contributed by atoms with Crippen LogP contribution in [0.25, 0.3) is 0 Å². The molecule has 0 amide bonds. The molecule has 1 rings (SSSR count). The highest BCUT2D eigenvalue weighted by molar-refractivity contribution is 8.05. The lowest BCUT2D eigenvalue weighted by Gasteiger charge is -2.19. The van der Waals surface area contributed by atoms with Crippen molar-refractivity contribution in [2.75, 3.05) is 11.5 Å². The average molecular weight is 122 g/mol. The van der Waals surface area contributed by atoms with E-state index < -0.39 is 0 Å². The van der Waals surface area contributed by atoms with Gasteiger partial charge in [-0.15, -0.1) is 0 Å². The number of rotatable bonds is 1. The van der Waals surface area contributed by atoms with Crippen molar-refractivity contribution in [1.29, 1.82) is 0 Å². The Morgan fingerprint density at radius 1 is 1.67 bits per heavy atom.